The number of ether oxygens (including phenoxy) is 1. The van der Waals surface area contributed by atoms with E-state index in [-0.39, 0.29) is 10.8 Å². The fourth-order valence-corrected chi connectivity index (χ4v) is 3.32. The number of rotatable bonds is 4. The van der Waals surface area contributed by atoms with Crippen LogP contribution in [0.25, 0.3) is 0 Å². The molecule has 21 heavy (non-hydrogen) atoms. The number of sulfonamides is 1. The number of nitrogens with zero attached hydrogens (tertiary/aromatic N) is 1. The van der Waals surface area contributed by atoms with E-state index in [0.29, 0.717) is 26.3 Å². The van der Waals surface area contributed by atoms with E-state index >= 15 is 0 Å². The van der Waals surface area contributed by atoms with Gasteiger partial charge in [-0.2, -0.15) is 4.72 Å². The molecule has 0 bridgehead atoms. The van der Waals surface area contributed by atoms with Gasteiger partial charge < -0.3 is 9.64 Å². The fraction of sp³-hybridized carbons (Fsp3) is 0.500. The van der Waals surface area contributed by atoms with Crippen LogP contribution in [0.5, 0.6) is 0 Å². The second kappa shape index (κ2) is 6.55. The number of amides is 1. The molecule has 1 atom stereocenters. The Morgan fingerprint density at radius 3 is 2.38 bits per heavy atom. The van der Waals surface area contributed by atoms with Crippen LogP contribution in [0.2, 0.25) is 0 Å². The lowest BCUT2D eigenvalue weighted by Gasteiger charge is -2.29. The topological polar surface area (TPSA) is 75.7 Å². The molecular formula is C14H20N2O4S. The molecule has 0 aromatic heterocycles. The zero-order valence-electron chi connectivity index (χ0n) is 12.2. The van der Waals surface area contributed by atoms with Gasteiger partial charge in [-0.05, 0) is 26.0 Å². The van der Waals surface area contributed by atoms with Gasteiger partial charge in [-0.15, -0.1) is 0 Å². The minimum atomic E-state index is -3.69. The summed E-state index contributed by atoms with van der Waals surface area (Å²) in [6, 6.07) is 5.72. The van der Waals surface area contributed by atoms with Gasteiger partial charge in [0.15, 0.2) is 0 Å². The average Bonchev–Trinajstić information content (AvgIpc) is 2.47. The second-order valence-electron chi connectivity index (χ2n) is 5.09. The van der Waals surface area contributed by atoms with E-state index in [2.05, 4.69) is 4.72 Å². The number of benzene rings is 1. The zero-order valence-corrected chi connectivity index (χ0v) is 13.0. The number of hydrogen-bond acceptors (Lipinski definition) is 4. The van der Waals surface area contributed by atoms with Crippen LogP contribution in [0.4, 0.5) is 0 Å². The molecular weight excluding hydrogens is 292 g/mol. The molecule has 1 aliphatic heterocycles. The van der Waals surface area contributed by atoms with Crippen molar-refractivity contribution in [1.82, 2.24) is 9.62 Å². The maximum absolute atomic E-state index is 12.2. The van der Waals surface area contributed by atoms with Crippen molar-refractivity contribution in [3.8, 4) is 0 Å². The first-order valence-electron chi connectivity index (χ1n) is 6.86. The third-order valence-corrected chi connectivity index (χ3v) is 4.91. The highest BCUT2D eigenvalue weighted by Crippen LogP contribution is 2.11. The lowest BCUT2D eigenvalue weighted by atomic mass is 10.2. The number of aryl methyl sites for hydroxylation is 1. The molecule has 1 aromatic rings. The van der Waals surface area contributed by atoms with Crippen molar-refractivity contribution in [2.75, 3.05) is 26.3 Å². The molecule has 0 saturated carbocycles. The molecule has 1 N–H and O–H groups in total. The second-order valence-corrected chi connectivity index (χ2v) is 6.81. The molecule has 0 radical (unpaired) electrons. The van der Waals surface area contributed by atoms with Crippen LogP contribution < -0.4 is 4.72 Å². The summed E-state index contributed by atoms with van der Waals surface area (Å²) in [4.78, 5) is 14.0. The van der Waals surface area contributed by atoms with Crippen LogP contribution in [0, 0.1) is 6.92 Å². The fourth-order valence-electron chi connectivity index (χ4n) is 2.13. The Labute approximate surface area is 125 Å². The van der Waals surface area contributed by atoms with E-state index in [4.69, 9.17) is 4.74 Å². The molecule has 1 fully saturated rings. The lowest BCUT2D eigenvalue weighted by Crippen LogP contribution is -2.50. The first-order valence-corrected chi connectivity index (χ1v) is 8.34. The van der Waals surface area contributed by atoms with Crippen molar-refractivity contribution in [2.45, 2.75) is 24.8 Å². The van der Waals surface area contributed by atoms with Gasteiger partial charge in [0.05, 0.1) is 24.2 Å². The molecule has 1 amide bonds. The van der Waals surface area contributed by atoms with Crippen molar-refractivity contribution in [1.29, 1.82) is 0 Å². The van der Waals surface area contributed by atoms with Crippen molar-refractivity contribution in [3.05, 3.63) is 29.8 Å². The van der Waals surface area contributed by atoms with E-state index < -0.39 is 16.1 Å². The normalized spacial score (nSPS) is 17.5. The smallest absolute Gasteiger partial charge is 0.241 e. The van der Waals surface area contributed by atoms with Crippen LogP contribution >= 0.6 is 0 Å². The predicted molar refractivity (Wildman–Crippen MR) is 78.4 cm³/mol. The van der Waals surface area contributed by atoms with Crippen LogP contribution in [0.15, 0.2) is 29.2 Å². The van der Waals surface area contributed by atoms with Gasteiger partial charge in [-0.25, -0.2) is 8.42 Å². The van der Waals surface area contributed by atoms with Gasteiger partial charge in [0.25, 0.3) is 0 Å². The maximum Gasteiger partial charge on any atom is 0.241 e. The third-order valence-electron chi connectivity index (χ3n) is 3.36. The molecule has 7 heteroatoms. The predicted octanol–water partition coefficient (Wildman–Crippen LogP) is 0.521. The Morgan fingerprint density at radius 2 is 1.81 bits per heavy atom. The van der Waals surface area contributed by atoms with Gasteiger partial charge in [0.1, 0.15) is 0 Å². The molecule has 1 saturated heterocycles. The third kappa shape index (κ3) is 4.03. The van der Waals surface area contributed by atoms with Gasteiger partial charge in [0.2, 0.25) is 15.9 Å². The molecule has 1 heterocycles. The van der Waals surface area contributed by atoms with E-state index in [0.717, 1.165) is 5.56 Å². The first kappa shape index (κ1) is 15.9. The van der Waals surface area contributed by atoms with Crippen LogP contribution in [-0.2, 0) is 19.6 Å². The Bertz CT molecular complexity index is 592. The van der Waals surface area contributed by atoms with Crippen LogP contribution in [-0.4, -0.2) is 51.6 Å². The quantitative estimate of drug-likeness (QED) is 0.879. The SMILES string of the molecule is Cc1ccc(S(=O)(=O)NC(C)C(=O)N2CCOCC2)cc1. The molecule has 0 spiro atoms. The van der Waals surface area contributed by atoms with Crippen molar-refractivity contribution in [3.63, 3.8) is 0 Å². The highest BCUT2D eigenvalue weighted by atomic mass is 32.2. The van der Waals surface area contributed by atoms with E-state index in [9.17, 15) is 13.2 Å². The Hall–Kier alpha value is -1.44. The van der Waals surface area contributed by atoms with Crippen molar-refractivity contribution >= 4 is 15.9 Å². The van der Waals surface area contributed by atoms with Crippen molar-refractivity contribution in [2.24, 2.45) is 0 Å². The summed E-state index contributed by atoms with van der Waals surface area (Å²) in [6.45, 7) is 5.41. The number of carbonyl (C=O) groups excluding carboxylic acids is 1. The monoisotopic (exact) mass is 312 g/mol. The minimum Gasteiger partial charge on any atom is -0.378 e. The number of nitrogens with one attached hydrogen (secondary N) is 1. The summed E-state index contributed by atoms with van der Waals surface area (Å²) in [5.74, 6) is -0.228. The molecule has 6 nitrogen and oxygen atoms in total. The zero-order chi connectivity index (χ0) is 15.5. The molecule has 1 unspecified atom stereocenters. The Balaban J connectivity index is 2.05. The Kier molecular flexibility index (Phi) is 4.97. The Morgan fingerprint density at radius 1 is 1.24 bits per heavy atom. The summed E-state index contributed by atoms with van der Waals surface area (Å²) < 4.78 is 32.1. The molecule has 116 valence electrons. The molecule has 2 rings (SSSR count). The number of hydrogen-bond donors (Lipinski definition) is 1. The summed E-state index contributed by atoms with van der Waals surface area (Å²) in [7, 11) is -3.69. The molecule has 1 aromatic carbocycles. The van der Waals surface area contributed by atoms with E-state index in [1.807, 2.05) is 6.92 Å². The van der Waals surface area contributed by atoms with Gasteiger partial charge in [-0.1, -0.05) is 17.7 Å². The standard InChI is InChI=1S/C14H20N2O4S/c1-11-3-5-13(6-4-11)21(18,19)15-12(2)14(17)16-7-9-20-10-8-16/h3-6,12,15H,7-10H2,1-2H3. The van der Waals surface area contributed by atoms with Gasteiger partial charge in [0, 0.05) is 13.1 Å². The molecule has 0 aliphatic carbocycles. The molecule has 1 aliphatic rings. The first-order chi connectivity index (χ1) is 9.90. The van der Waals surface area contributed by atoms with Gasteiger partial charge >= 0.3 is 0 Å². The van der Waals surface area contributed by atoms with E-state index in [1.165, 1.54) is 12.1 Å². The van der Waals surface area contributed by atoms with Crippen LogP contribution in [0.1, 0.15) is 12.5 Å². The summed E-state index contributed by atoms with van der Waals surface area (Å²) >= 11 is 0. The maximum atomic E-state index is 12.2. The summed E-state index contributed by atoms with van der Waals surface area (Å²) in [5, 5.41) is 0. The van der Waals surface area contributed by atoms with E-state index in [1.54, 1.807) is 24.0 Å². The highest BCUT2D eigenvalue weighted by molar-refractivity contribution is 7.89. The van der Waals surface area contributed by atoms with Crippen LogP contribution in [0.3, 0.4) is 0 Å². The summed E-state index contributed by atoms with van der Waals surface area (Å²) in [6.07, 6.45) is 0. The average molecular weight is 312 g/mol. The minimum absolute atomic E-state index is 0.162. The number of morpholine rings is 1. The van der Waals surface area contributed by atoms with Gasteiger partial charge in [-0.3, -0.25) is 4.79 Å². The highest BCUT2D eigenvalue weighted by Gasteiger charge is 2.26. The largest absolute Gasteiger partial charge is 0.378 e. The lowest BCUT2D eigenvalue weighted by molar-refractivity contribution is -0.136. The number of carbonyl (C=O) groups is 1. The summed E-state index contributed by atoms with van der Waals surface area (Å²) in [5.41, 5.74) is 0.978. The van der Waals surface area contributed by atoms with Crippen molar-refractivity contribution < 1.29 is 17.9 Å².